The van der Waals surface area contributed by atoms with Gasteiger partial charge in [0.2, 0.25) is 0 Å². The van der Waals surface area contributed by atoms with Crippen LogP contribution in [-0.4, -0.2) is 22.0 Å². The van der Waals surface area contributed by atoms with Gasteiger partial charge in [-0.3, -0.25) is 4.79 Å². The summed E-state index contributed by atoms with van der Waals surface area (Å²) >= 11 is 1.35. The lowest BCUT2D eigenvalue weighted by atomic mass is 9.92. The molecule has 128 valence electrons. The second kappa shape index (κ2) is 6.32. The van der Waals surface area contributed by atoms with E-state index in [2.05, 4.69) is 10.3 Å². The Morgan fingerprint density at radius 3 is 2.21 bits per heavy atom. The Bertz CT molecular complexity index is 765. The highest BCUT2D eigenvalue weighted by Crippen LogP contribution is 2.27. The van der Waals surface area contributed by atoms with Gasteiger partial charge in [0.15, 0.2) is 5.54 Å². The highest BCUT2D eigenvalue weighted by Gasteiger charge is 2.37. The number of halogens is 1. The minimum atomic E-state index is -1.68. The van der Waals surface area contributed by atoms with E-state index >= 15 is 0 Å². The van der Waals surface area contributed by atoms with E-state index in [4.69, 9.17) is 0 Å². The van der Waals surface area contributed by atoms with Gasteiger partial charge in [0.25, 0.3) is 5.91 Å². The highest BCUT2D eigenvalue weighted by molar-refractivity contribution is 7.10. The van der Waals surface area contributed by atoms with Crippen LogP contribution in [-0.2, 0) is 15.7 Å². The minimum absolute atomic E-state index is 0.166. The third-order valence-corrected chi connectivity index (χ3v) is 4.86. The predicted octanol–water partition coefficient (Wildman–Crippen LogP) is 3.31. The molecule has 0 spiro atoms. The number of rotatable bonds is 4. The molecule has 1 amide bonds. The summed E-state index contributed by atoms with van der Waals surface area (Å²) in [7, 11) is 0. The Morgan fingerprint density at radius 2 is 1.75 bits per heavy atom. The molecular weight excluding hydrogens is 331 g/mol. The molecule has 1 aromatic heterocycles. The average Bonchev–Trinajstić information content (AvgIpc) is 2.97. The number of aliphatic carboxylic acids is 1. The molecule has 2 aromatic rings. The van der Waals surface area contributed by atoms with Gasteiger partial charge in [0.05, 0.1) is 5.01 Å². The number of thiazole rings is 1. The third-order valence-electron chi connectivity index (χ3n) is 3.59. The maximum Gasteiger partial charge on any atom is 0.333 e. The second-order valence-electron chi connectivity index (χ2n) is 6.68. The monoisotopic (exact) mass is 350 g/mol. The highest BCUT2D eigenvalue weighted by atomic mass is 32.1. The van der Waals surface area contributed by atoms with Crippen molar-refractivity contribution in [1.29, 1.82) is 0 Å². The van der Waals surface area contributed by atoms with Crippen LogP contribution >= 0.6 is 11.3 Å². The van der Waals surface area contributed by atoms with Gasteiger partial charge in [0, 0.05) is 10.8 Å². The third kappa shape index (κ3) is 3.62. The zero-order valence-corrected chi connectivity index (χ0v) is 14.7. The maximum absolute atomic E-state index is 13.1. The molecule has 2 rings (SSSR count). The van der Waals surface area contributed by atoms with Gasteiger partial charge in [-0.2, -0.15) is 0 Å². The average molecular weight is 350 g/mol. The molecular formula is C17H19FN2O3S. The number of hydrogen-bond acceptors (Lipinski definition) is 4. The number of aromatic nitrogens is 1. The summed E-state index contributed by atoms with van der Waals surface area (Å²) in [6, 6.07) is 4.99. The van der Waals surface area contributed by atoms with Gasteiger partial charge in [-0.1, -0.05) is 32.9 Å². The predicted molar refractivity (Wildman–Crippen MR) is 89.7 cm³/mol. The van der Waals surface area contributed by atoms with Crippen molar-refractivity contribution in [3.63, 3.8) is 0 Å². The first-order valence-electron chi connectivity index (χ1n) is 7.32. The van der Waals surface area contributed by atoms with Crippen molar-refractivity contribution in [2.45, 2.75) is 38.6 Å². The first-order valence-corrected chi connectivity index (χ1v) is 8.20. The zero-order chi connectivity index (χ0) is 18.1. The minimum Gasteiger partial charge on any atom is -0.479 e. The summed E-state index contributed by atoms with van der Waals surface area (Å²) in [5, 5.41) is 14.4. The number of carbonyl (C=O) groups excluding carboxylic acids is 1. The van der Waals surface area contributed by atoms with E-state index < -0.39 is 23.2 Å². The molecule has 0 saturated carbocycles. The van der Waals surface area contributed by atoms with E-state index in [1.165, 1.54) is 30.4 Å². The summed E-state index contributed by atoms with van der Waals surface area (Å²) in [6.45, 7) is 7.30. The standard InChI is InChI=1S/C17H19FN2O3S/c1-16(2,3)14-19-12(9-24-14)13(21)20-17(4,15(22)23)10-5-7-11(18)8-6-10/h5-9H,1-4H3,(H,20,21)(H,22,23). The molecule has 1 aromatic carbocycles. The zero-order valence-electron chi connectivity index (χ0n) is 13.9. The number of carbonyl (C=O) groups is 2. The van der Waals surface area contributed by atoms with Gasteiger partial charge in [0.1, 0.15) is 11.5 Å². The molecule has 0 aliphatic carbocycles. The smallest absolute Gasteiger partial charge is 0.333 e. The van der Waals surface area contributed by atoms with Crippen molar-refractivity contribution in [2.24, 2.45) is 0 Å². The molecule has 0 aliphatic heterocycles. The van der Waals surface area contributed by atoms with Crippen LogP contribution in [0.15, 0.2) is 29.6 Å². The summed E-state index contributed by atoms with van der Waals surface area (Å²) in [6.07, 6.45) is 0. The van der Waals surface area contributed by atoms with Crippen LogP contribution in [0.4, 0.5) is 4.39 Å². The Balaban J connectivity index is 2.30. The molecule has 0 fully saturated rings. The van der Waals surface area contributed by atoms with Gasteiger partial charge >= 0.3 is 5.97 Å². The van der Waals surface area contributed by atoms with Crippen molar-refractivity contribution in [3.05, 3.63) is 51.7 Å². The van der Waals surface area contributed by atoms with Crippen molar-refractivity contribution in [3.8, 4) is 0 Å². The van der Waals surface area contributed by atoms with Crippen LogP contribution in [0, 0.1) is 5.82 Å². The Labute approximate surface area is 143 Å². The van der Waals surface area contributed by atoms with Crippen molar-refractivity contribution < 1.29 is 19.1 Å². The molecule has 1 unspecified atom stereocenters. The molecule has 2 N–H and O–H groups in total. The molecule has 24 heavy (non-hydrogen) atoms. The SMILES string of the molecule is CC(C)(C)c1nc(C(=O)NC(C)(C(=O)O)c2ccc(F)cc2)cs1. The van der Waals surface area contributed by atoms with Crippen molar-refractivity contribution in [1.82, 2.24) is 10.3 Å². The summed E-state index contributed by atoms with van der Waals surface area (Å²) in [4.78, 5) is 28.4. The summed E-state index contributed by atoms with van der Waals surface area (Å²) < 4.78 is 13.1. The Kier molecular flexibility index (Phi) is 4.75. The number of carboxylic acids is 1. The van der Waals surface area contributed by atoms with E-state index in [1.807, 2.05) is 20.8 Å². The molecule has 1 atom stereocenters. The van der Waals surface area contributed by atoms with Crippen molar-refractivity contribution >= 4 is 23.2 Å². The first kappa shape index (κ1) is 18.1. The molecule has 5 nitrogen and oxygen atoms in total. The lowest BCUT2D eigenvalue weighted by Gasteiger charge is -2.26. The van der Waals surface area contributed by atoms with Crippen LogP contribution in [0.3, 0.4) is 0 Å². The first-order chi connectivity index (χ1) is 11.0. The van der Waals surface area contributed by atoms with Crippen LogP contribution in [0.25, 0.3) is 0 Å². The lowest BCUT2D eigenvalue weighted by Crippen LogP contribution is -2.49. The molecule has 0 saturated heterocycles. The molecule has 7 heteroatoms. The fraction of sp³-hybridized carbons (Fsp3) is 0.353. The molecule has 0 radical (unpaired) electrons. The quantitative estimate of drug-likeness (QED) is 0.887. The number of nitrogens with one attached hydrogen (secondary N) is 1. The fourth-order valence-corrected chi connectivity index (χ4v) is 2.93. The van der Waals surface area contributed by atoms with Gasteiger partial charge < -0.3 is 10.4 Å². The molecule has 0 aliphatic rings. The normalized spacial score (nSPS) is 14.0. The van der Waals surface area contributed by atoms with E-state index in [1.54, 1.807) is 5.38 Å². The number of carboxylic acid groups (broad SMARTS) is 1. The van der Waals surface area contributed by atoms with E-state index in [0.29, 0.717) is 0 Å². The van der Waals surface area contributed by atoms with Crippen molar-refractivity contribution in [2.75, 3.05) is 0 Å². The number of benzene rings is 1. The topological polar surface area (TPSA) is 79.3 Å². The van der Waals surface area contributed by atoms with Crippen LogP contribution in [0.1, 0.15) is 48.8 Å². The van der Waals surface area contributed by atoms with Gasteiger partial charge in [-0.15, -0.1) is 11.3 Å². The van der Waals surface area contributed by atoms with Crippen LogP contribution < -0.4 is 5.32 Å². The lowest BCUT2D eigenvalue weighted by molar-refractivity contribution is -0.144. The number of nitrogens with zero attached hydrogens (tertiary/aromatic N) is 1. The van der Waals surface area contributed by atoms with E-state index in [-0.39, 0.29) is 16.7 Å². The van der Waals surface area contributed by atoms with Crippen LogP contribution in [0.2, 0.25) is 0 Å². The number of amides is 1. The summed E-state index contributed by atoms with van der Waals surface area (Å²) in [5.74, 6) is -2.31. The number of hydrogen-bond donors (Lipinski definition) is 2. The second-order valence-corrected chi connectivity index (χ2v) is 7.54. The van der Waals surface area contributed by atoms with E-state index in [9.17, 15) is 19.1 Å². The Morgan fingerprint density at radius 1 is 1.17 bits per heavy atom. The summed E-state index contributed by atoms with van der Waals surface area (Å²) in [5.41, 5.74) is -1.44. The maximum atomic E-state index is 13.1. The fourth-order valence-electron chi connectivity index (χ4n) is 2.05. The van der Waals surface area contributed by atoms with Gasteiger partial charge in [-0.25, -0.2) is 14.2 Å². The van der Waals surface area contributed by atoms with E-state index in [0.717, 1.165) is 17.1 Å². The molecule has 0 bridgehead atoms. The van der Waals surface area contributed by atoms with Crippen LogP contribution in [0.5, 0.6) is 0 Å². The Hall–Kier alpha value is -2.28. The van der Waals surface area contributed by atoms with Gasteiger partial charge in [-0.05, 0) is 24.6 Å². The largest absolute Gasteiger partial charge is 0.479 e. The molecule has 1 heterocycles.